The van der Waals surface area contributed by atoms with Crippen molar-refractivity contribution in [2.45, 2.75) is 34.9 Å². The molecule has 2 heterocycles. The van der Waals surface area contributed by atoms with Crippen molar-refractivity contribution in [3.05, 3.63) is 52.9 Å². The lowest BCUT2D eigenvalue weighted by Gasteiger charge is -2.39. The molecule has 4 nitrogen and oxygen atoms in total. The number of hydrogen-bond donors (Lipinski definition) is 0. The van der Waals surface area contributed by atoms with Crippen LogP contribution in [0.3, 0.4) is 0 Å². The lowest BCUT2D eigenvalue weighted by Crippen LogP contribution is -2.44. The van der Waals surface area contributed by atoms with E-state index in [4.69, 9.17) is 0 Å². The second kappa shape index (κ2) is 6.20. The number of nitrogens with zero attached hydrogens (tertiary/aromatic N) is 2. The molecule has 0 radical (unpaired) electrons. The van der Waals surface area contributed by atoms with Gasteiger partial charge in [0, 0.05) is 19.1 Å². The lowest BCUT2D eigenvalue weighted by molar-refractivity contribution is 0.190. The third-order valence-electron chi connectivity index (χ3n) is 5.87. The van der Waals surface area contributed by atoms with Gasteiger partial charge in [0.15, 0.2) is 0 Å². The summed E-state index contributed by atoms with van der Waals surface area (Å²) in [5.74, 6) is 0. The highest BCUT2D eigenvalue weighted by Gasteiger charge is 2.47. The Morgan fingerprint density at radius 2 is 1.84 bits per heavy atom. The Labute approximate surface area is 154 Å². The van der Waals surface area contributed by atoms with Crippen molar-refractivity contribution in [1.29, 1.82) is 0 Å². The van der Waals surface area contributed by atoms with Crippen molar-refractivity contribution in [2.24, 2.45) is 0 Å². The summed E-state index contributed by atoms with van der Waals surface area (Å²) in [6.07, 6.45) is 2.89. The summed E-state index contributed by atoms with van der Waals surface area (Å²) in [4.78, 5) is 2.29. The predicted octanol–water partition coefficient (Wildman–Crippen LogP) is 3.48. The maximum absolute atomic E-state index is 12.8. The van der Waals surface area contributed by atoms with Crippen LogP contribution < -0.4 is 0 Å². The number of benzene rings is 1. The molecule has 0 amide bonds. The van der Waals surface area contributed by atoms with Gasteiger partial charge in [0.2, 0.25) is 0 Å². The van der Waals surface area contributed by atoms with Crippen molar-refractivity contribution in [2.75, 3.05) is 27.2 Å². The molecule has 1 aromatic carbocycles. The molecule has 6 heteroatoms. The average Bonchev–Trinajstić information content (AvgIpc) is 3.24. The Morgan fingerprint density at radius 1 is 1.12 bits per heavy atom. The fourth-order valence-electron chi connectivity index (χ4n) is 4.49. The smallest absolute Gasteiger partial charge is 0.252 e. The molecule has 0 saturated carbocycles. The van der Waals surface area contributed by atoms with E-state index in [0.29, 0.717) is 23.3 Å². The zero-order valence-corrected chi connectivity index (χ0v) is 16.3. The van der Waals surface area contributed by atoms with Gasteiger partial charge in [-0.2, -0.15) is 4.31 Å². The lowest BCUT2D eigenvalue weighted by atomic mass is 9.74. The molecule has 4 rings (SSSR count). The van der Waals surface area contributed by atoms with Crippen molar-refractivity contribution in [3.63, 3.8) is 0 Å². The fourth-order valence-corrected chi connectivity index (χ4v) is 7.07. The monoisotopic (exact) mass is 376 g/mol. The number of fused-ring (bicyclic) bond motifs is 2. The minimum absolute atomic E-state index is 0.118. The van der Waals surface area contributed by atoms with E-state index in [9.17, 15) is 8.42 Å². The van der Waals surface area contributed by atoms with Crippen molar-refractivity contribution < 1.29 is 8.42 Å². The molecule has 25 heavy (non-hydrogen) atoms. The Kier molecular flexibility index (Phi) is 4.27. The molecule has 1 aliphatic heterocycles. The molecular weight excluding hydrogens is 352 g/mol. The number of rotatable bonds is 3. The Balaban J connectivity index is 1.60. The van der Waals surface area contributed by atoms with Crippen LogP contribution in [-0.2, 0) is 15.4 Å². The highest BCUT2D eigenvalue weighted by atomic mass is 32.2. The third-order valence-corrected chi connectivity index (χ3v) is 9.14. The maximum Gasteiger partial charge on any atom is 0.252 e. The van der Waals surface area contributed by atoms with Gasteiger partial charge in [-0.05, 0) is 61.3 Å². The van der Waals surface area contributed by atoms with Gasteiger partial charge in [0.25, 0.3) is 10.0 Å². The van der Waals surface area contributed by atoms with Crippen LogP contribution in [-0.4, -0.2) is 44.8 Å². The van der Waals surface area contributed by atoms with E-state index in [1.165, 1.54) is 22.5 Å². The molecule has 1 aromatic heterocycles. The van der Waals surface area contributed by atoms with Crippen molar-refractivity contribution in [3.8, 4) is 0 Å². The molecule has 1 spiro atoms. The number of hydrogen-bond acceptors (Lipinski definition) is 4. The molecule has 0 bridgehead atoms. The molecule has 1 saturated heterocycles. The van der Waals surface area contributed by atoms with E-state index in [2.05, 4.69) is 43.3 Å². The normalized spacial score (nSPS) is 23.2. The van der Waals surface area contributed by atoms with Crippen LogP contribution in [0.15, 0.2) is 46.0 Å². The Bertz CT molecular complexity index is 851. The predicted molar refractivity (Wildman–Crippen MR) is 101 cm³/mol. The van der Waals surface area contributed by atoms with E-state index in [1.54, 1.807) is 16.4 Å². The van der Waals surface area contributed by atoms with Gasteiger partial charge < -0.3 is 4.90 Å². The number of piperidine rings is 1. The third kappa shape index (κ3) is 2.76. The minimum atomic E-state index is -3.33. The number of thiophene rings is 1. The summed E-state index contributed by atoms with van der Waals surface area (Å²) in [7, 11) is 0.941. The molecule has 2 aromatic rings. The fraction of sp³-hybridized carbons (Fsp3) is 0.474. The molecule has 134 valence electrons. The highest BCUT2D eigenvalue weighted by Crippen LogP contribution is 2.52. The van der Waals surface area contributed by atoms with Crippen LogP contribution in [0.4, 0.5) is 0 Å². The first kappa shape index (κ1) is 17.2. The second-order valence-corrected chi connectivity index (χ2v) is 10.5. The molecule has 0 N–H and O–H groups in total. The van der Waals surface area contributed by atoms with Crippen LogP contribution >= 0.6 is 11.3 Å². The molecule has 1 fully saturated rings. The topological polar surface area (TPSA) is 40.6 Å². The van der Waals surface area contributed by atoms with Crippen molar-refractivity contribution in [1.82, 2.24) is 9.21 Å². The largest absolute Gasteiger partial charge is 0.302 e. The summed E-state index contributed by atoms with van der Waals surface area (Å²) in [6, 6.07) is 12.7. The van der Waals surface area contributed by atoms with Crippen LogP contribution in [0.2, 0.25) is 0 Å². The Morgan fingerprint density at radius 3 is 2.48 bits per heavy atom. The quantitative estimate of drug-likeness (QED) is 0.823. The van der Waals surface area contributed by atoms with E-state index >= 15 is 0 Å². The van der Waals surface area contributed by atoms with Crippen molar-refractivity contribution >= 4 is 21.4 Å². The van der Waals surface area contributed by atoms with E-state index in [0.717, 1.165) is 19.3 Å². The molecule has 1 atom stereocenters. The minimum Gasteiger partial charge on any atom is -0.302 e. The summed E-state index contributed by atoms with van der Waals surface area (Å²) < 4.78 is 27.7. The summed E-state index contributed by atoms with van der Waals surface area (Å²) in [5.41, 5.74) is 2.97. The Hall–Kier alpha value is -1.21. The van der Waals surface area contributed by atoms with Gasteiger partial charge in [0.1, 0.15) is 4.21 Å². The van der Waals surface area contributed by atoms with Gasteiger partial charge in [-0.1, -0.05) is 30.3 Å². The second-order valence-electron chi connectivity index (χ2n) is 7.39. The van der Waals surface area contributed by atoms with E-state index in [-0.39, 0.29) is 5.41 Å². The first-order chi connectivity index (χ1) is 11.9. The van der Waals surface area contributed by atoms with Crippen LogP contribution in [0, 0.1) is 0 Å². The van der Waals surface area contributed by atoms with Gasteiger partial charge in [-0.15, -0.1) is 11.3 Å². The zero-order chi connectivity index (χ0) is 17.7. The molecule has 1 aliphatic carbocycles. The molecular formula is C19H24N2O2S2. The van der Waals surface area contributed by atoms with E-state index < -0.39 is 10.0 Å². The van der Waals surface area contributed by atoms with Crippen LogP contribution in [0.5, 0.6) is 0 Å². The standard InChI is InChI=1S/C19H24N2O2S2/c1-20(2)17-14-19(16-7-4-3-6-15(16)17)9-11-21(12-10-19)25(22,23)18-8-5-13-24-18/h3-8,13,17H,9-12,14H2,1-2H3/t17-/m0/s1. The number of sulfonamides is 1. The summed E-state index contributed by atoms with van der Waals surface area (Å²) >= 11 is 1.30. The van der Waals surface area contributed by atoms with E-state index in [1.807, 2.05) is 5.38 Å². The van der Waals surface area contributed by atoms with Crippen LogP contribution in [0.1, 0.15) is 36.4 Å². The van der Waals surface area contributed by atoms with Gasteiger partial charge in [0.05, 0.1) is 0 Å². The average molecular weight is 377 g/mol. The van der Waals surface area contributed by atoms with Gasteiger partial charge >= 0.3 is 0 Å². The maximum atomic E-state index is 12.8. The SMILES string of the molecule is CN(C)[C@H]1CC2(CCN(S(=O)(=O)c3cccs3)CC2)c2ccccc21. The zero-order valence-electron chi connectivity index (χ0n) is 14.7. The molecule has 2 aliphatic rings. The molecule has 0 unspecified atom stereocenters. The highest BCUT2D eigenvalue weighted by molar-refractivity contribution is 7.91. The van der Waals surface area contributed by atoms with Gasteiger partial charge in [-0.25, -0.2) is 8.42 Å². The van der Waals surface area contributed by atoms with Crippen LogP contribution in [0.25, 0.3) is 0 Å². The summed E-state index contributed by atoms with van der Waals surface area (Å²) in [5, 5.41) is 1.83. The first-order valence-corrected chi connectivity index (χ1v) is 11.1. The summed E-state index contributed by atoms with van der Waals surface area (Å²) in [6.45, 7) is 1.21. The first-order valence-electron chi connectivity index (χ1n) is 8.74. The van der Waals surface area contributed by atoms with Gasteiger partial charge in [-0.3, -0.25) is 0 Å².